The molecule has 2 saturated heterocycles. The van der Waals surface area contributed by atoms with Crippen LogP contribution in [-0.4, -0.2) is 47.3 Å². The third-order valence-corrected chi connectivity index (χ3v) is 3.21. The Morgan fingerprint density at radius 3 is 2.35 bits per heavy atom. The summed E-state index contributed by atoms with van der Waals surface area (Å²) in [4.78, 5) is 22.5. The molecule has 0 aliphatic carbocycles. The van der Waals surface area contributed by atoms with E-state index in [0.717, 1.165) is 25.9 Å². The lowest BCUT2D eigenvalue weighted by molar-refractivity contribution is -0.153. The molecule has 2 aliphatic heterocycles. The molecule has 2 N–H and O–H groups in total. The highest BCUT2D eigenvalue weighted by Crippen LogP contribution is 2.20. The number of carboxylic acid groups (broad SMARTS) is 1. The summed E-state index contributed by atoms with van der Waals surface area (Å²) in [7, 11) is 0. The van der Waals surface area contributed by atoms with Crippen LogP contribution in [0.2, 0.25) is 0 Å². The predicted molar refractivity (Wildman–Crippen MR) is 59.1 cm³/mol. The van der Waals surface area contributed by atoms with Crippen LogP contribution in [-0.2, 0) is 14.3 Å². The van der Waals surface area contributed by atoms with Crippen LogP contribution >= 0.6 is 0 Å². The number of carboxylic acids is 1. The minimum atomic E-state index is -0.988. The summed E-state index contributed by atoms with van der Waals surface area (Å²) in [5.74, 6) is -1.20. The fourth-order valence-electron chi connectivity index (χ4n) is 2.25. The molecular weight excluding hydrogens is 224 g/mol. The van der Waals surface area contributed by atoms with Gasteiger partial charge in [0.2, 0.25) is 0 Å². The molecule has 0 unspecified atom stereocenters. The van der Waals surface area contributed by atoms with Gasteiger partial charge in [-0.05, 0) is 25.7 Å². The van der Waals surface area contributed by atoms with E-state index in [1.165, 1.54) is 6.42 Å². The highest BCUT2D eigenvalue weighted by atomic mass is 16.5. The number of nitrogens with one attached hydrogen (secondary N) is 1. The van der Waals surface area contributed by atoms with E-state index < -0.39 is 18.2 Å². The van der Waals surface area contributed by atoms with E-state index >= 15 is 0 Å². The Hall–Kier alpha value is -1.14. The van der Waals surface area contributed by atoms with Crippen molar-refractivity contribution in [3.05, 3.63) is 0 Å². The Morgan fingerprint density at radius 1 is 1.12 bits per heavy atom. The Labute approximate surface area is 99.9 Å². The standard InChI is InChI=1S/C11H18N2O4/c14-10(12-13-6-2-1-3-7-13)8-4-5-9(17-8)11(15)16/h8-9H,1-7H2,(H,12,14)(H,15,16)/t8-,9+/m0/s1. The molecule has 2 rings (SSSR count). The van der Waals surface area contributed by atoms with Gasteiger partial charge in [-0.1, -0.05) is 6.42 Å². The van der Waals surface area contributed by atoms with E-state index in [1.54, 1.807) is 0 Å². The first-order valence-corrected chi connectivity index (χ1v) is 6.10. The summed E-state index contributed by atoms with van der Waals surface area (Å²) in [6.45, 7) is 1.72. The third kappa shape index (κ3) is 3.17. The smallest absolute Gasteiger partial charge is 0.332 e. The minimum Gasteiger partial charge on any atom is -0.479 e. The van der Waals surface area contributed by atoms with Gasteiger partial charge in [-0.2, -0.15) is 0 Å². The van der Waals surface area contributed by atoms with Crippen LogP contribution in [0.3, 0.4) is 0 Å². The molecule has 0 aromatic rings. The fourth-order valence-corrected chi connectivity index (χ4v) is 2.25. The van der Waals surface area contributed by atoms with Gasteiger partial charge in [0.25, 0.3) is 5.91 Å². The largest absolute Gasteiger partial charge is 0.479 e. The van der Waals surface area contributed by atoms with E-state index in [1.807, 2.05) is 5.01 Å². The van der Waals surface area contributed by atoms with Crippen molar-refractivity contribution in [1.82, 2.24) is 10.4 Å². The van der Waals surface area contributed by atoms with E-state index in [4.69, 9.17) is 9.84 Å². The van der Waals surface area contributed by atoms with Gasteiger partial charge in [-0.3, -0.25) is 10.2 Å². The maximum absolute atomic E-state index is 11.8. The molecular formula is C11H18N2O4. The summed E-state index contributed by atoms with van der Waals surface area (Å²) in [6, 6.07) is 0. The van der Waals surface area contributed by atoms with Crippen LogP contribution in [0.4, 0.5) is 0 Å². The number of nitrogens with zero attached hydrogens (tertiary/aromatic N) is 1. The molecule has 2 heterocycles. The molecule has 0 bridgehead atoms. The minimum absolute atomic E-state index is 0.212. The predicted octanol–water partition coefficient (Wildman–Crippen LogP) is 0.136. The molecule has 96 valence electrons. The maximum Gasteiger partial charge on any atom is 0.332 e. The van der Waals surface area contributed by atoms with Gasteiger partial charge in [0.05, 0.1) is 0 Å². The highest BCUT2D eigenvalue weighted by molar-refractivity contribution is 5.82. The Morgan fingerprint density at radius 2 is 1.76 bits per heavy atom. The second-order valence-electron chi connectivity index (χ2n) is 4.55. The number of rotatable bonds is 3. The highest BCUT2D eigenvalue weighted by Gasteiger charge is 2.35. The van der Waals surface area contributed by atoms with Crippen molar-refractivity contribution < 1.29 is 19.4 Å². The van der Waals surface area contributed by atoms with Crippen molar-refractivity contribution in [3.8, 4) is 0 Å². The lowest BCUT2D eigenvalue weighted by Gasteiger charge is -2.27. The average Bonchev–Trinajstić information content (AvgIpc) is 2.79. The monoisotopic (exact) mass is 242 g/mol. The molecule has 2 atom stereocenters. The number of amides is 1. The van der Waals surface area contributed by atoms with E-state index in [0.29, 0.717) is 12.8 Å². The molecule has 0 aromatic heterocycles. The van der Waals surface area contributed by atoms with Gasteiger partial charge in [0.1, 0.15) is 6.10 Å². The first-order valence-electron chi connectivity index (χ1n) is 6.10. The molecule has 0 saturated carbocycles. The van der Waals surface area contributed by atoms with Crippen LogP contribution in [0.15, 0.2) is 0 Å². The van der Waals surface area contributed by atoms with Gasteiger partial charge in [0, 0.05) is 13.1 Å². The zero-order valence-electron chi connectivity index (χ0n) is 9.72. The van der Waals surface area contributed by atoms with Gasteiger partial charge < -0.3 is 9.84 Å². The molecule has 6 heteroatoms. The summed E-state index contributed by atoms with van der Waals surface area (Å²) >= 11 is 0. The zero-order valence-corrected chi connectivity index (χ0v) is 9.72. The topological polar surface area (TPSA) is 78.9 Å². The molecule has 0 aromatic carbocycles. The second-order valence-corrected chi connectivity index (χ2v) is 4.55. The number of hydrogen-bond donors (Lipinski definition) is 2. The molecule has 17 heavy (non-hydrogen) atoms. The summed E-state index contributed by atoms with van der Waals surface area (Å²) in [5, 5.41) is 10.7. The lowest BCUT2D eigenvalue weighted by atomic mass is 10.1. The first kappa shape index (κ1) is 12.3. The summed E-state index contributed by atoms with van der Waals surface area (Å²) in [6.07, 6.45) is 2.83. The quantitative estimate of drug-likeness (QED) is 0.735. The van der Waals surface area contributed by atoms with Crippen molar-refractivity contribution in [2.45, 2.75) is 44.3 Å². The molecule has 1 amide bonds. The SMILES string of the molecule is O=C(NN1CCCCC1)[C@@H]1CC[C@H](C(=O)O)O1. The fraction of sp³-hybridized carbons (Fsp3) is 0.818. The zero-order chi connectivity index (χ0) is 12.3. The summed E-state index contributed by atoms with van der Waals surface area (Å²) in [5.41, 5.74) is 2.80. The van der Waals surface area contributed by atoms with Gasteiger partial charge in [-0.25, -0.2) is 9.80 Å². The Bertz CT molecular complexity index is 302. The number of carbonyl (C=O) groups is 2. The Balaban J connectivity index is 1.78. The van der Waals surface area contributed by atoms with Crippen LogP contribution < -0.4 is 5.43 Å². The molecule has 6 nitrogen and oxygen atoms in total. The van der Waals surface area contributed by atoms with Gasteiger partial charge in [0.15, 0.2) is 6.10 Å². The number of hydrogen-bond acceptors (Lipinski definition) is 4. The Kier molecular flexibility index (Phi) is 3.96. The van der Waals surface area contributed by atoms with Crippen molar-refractivity contribution >= 4 is 11.9 Å². The molecule has 0 spiro atoms. The van der Waals surface area contributed by atoms with E-state index in [9.17, 15) is 9.59 Å². The number of carbonyl (C=O) groups excluding carboxylic acids is 1. The number of hydrazine groups is 1. The number of ether oxygens (including phenoxy) is 1. The van der Waals surface area contributed by atoms with E-state index in [2.05, 4.69) is 5.43 Å². The van der Waals surface area contributed by atoms with Crippen molar-refractivity contribution in [2.75, 3.05) is 13.1 Å². The van der Waals surface area contributed by atoms with Gasteiger partial charge >= 0.3 is 5.97 Å². The molecule has 0 radical (unpaired) electrons. The normalized spacial score (nSPS) is 30.1. The van der Waals surface area contributed by atoms with Crippen LogP contribution in [0.25, 0.3) is 0 Å². The average molecular weight is 242 g/mol. The number of piperidine rings is 1. The molecule has 2 fully saturated rings. The van der Waals surface area contributed by atoms with Crippen LogP contribution in [0.5, 0.6) is 0 Å². The van der Waals surface area contributed by atoms with Crippen LogP contribution in [0, 0.1) is 0 Å². The van der Waals surface area contributed by atoms with Crippen molar-refractivity contribution in [3.63, 3.8) is 0 Å². The van der Waals surface area contributed by atoms with E-state index in [-0.39, 0.29) is 5.91 Å². The first-order chi connectivity index (χ1) is 8.16. The second kappa shape index (κ2) is 5.46. The lowest BCUT2D eigenvalue weighted by Crippen LogP contribution is -2.49. The van der Waals surface area contributed by atoms with Crippen LogP contribution in [0.1, 0.15) is 32.1 Å². The maximum atomic E-state index is 11.8. The molecule has 2 aliphatic rings. The van der Waals surface area contributed by atoms with Crippen molar-refractivity contribution in [2.24, 2.45) is 0 Å². The van der Waals surface area contributed by atoms with Crippen molar-refractivity contribution in [1.29, 1.82) is 0 Å². The third-order valence-electron chi connectivity index (χ3n) is 3.21. The summed E-state index contributed by atoms with van der Waals surface area (Å²) < 4.78 is 5.19. The number of aliphatic carboxylic acids is 1. The van der Waals surface area contributed by atoms with Gasteiger partial charge in [-0.15, -0.1) is 0 Å².